The molecule has 0 aliphatic carbocycles. The van der Waals surface area contributed by atoms with E-state index in [9.17, 15) is 0 Å². The van der Waals surface area contributed by atoms with Crippen LogP contribution in [-0.4, -0.2) is 39.9 Å². The molecule has 1 N–H and O–H groups in total. The largest absolute Gasteiger partial charge is 0.311 e. The summed E-state index contributed by atoms with van der Waals surface area (Å²) in [5, 5.41) is 8.87. The summed E-state index contributed by atoms with van der Waals surface area (Å²) >= 11 is 6.33. The van der Waals surface area contributed by atoms with Gasteiger partial charge in [-0.2, -0.15) is 5.10 Å². The maximum Gasteiger partial charge on any atom is 0.131 e. The van der Waals surface area contributed by atoms with Gasteiger partial charge in [-0.15, -0.1) is 0 Å². The van der Waals surface area contributed by atoms with Crippen LogP contribution in [-0.2, 0) is 13.6 Å². The van der Waals surface area contributed by atoms with Crippen molar-refractivity contribution in [1.82, 2.24) is 20.0 Å². The van der Waals surface area contributed by atoms with Crippen LogP contribution < -0.4 is 5.32 Å². The molecular formula is C14H23ClN4. The average molecular weight is 283 g/mol. The topological polar surface area (TPSA) is 33.1 Å². The lowest BCUT2D eigenvalue weighted by Crippen LogP contribution is -2.46. The Morgan fingerprint density at radius 3 is 2.53 bits per heavy atom. The van der Waals surface area contributed by atoms with E-state index in [2.05, 4.69) is 22.4 Å². The molecule has 1 aromatic heterocycles. The smallest absolute Gasteiger partial charge is 0.131 e. The number of aromatic nitrogens is 2. The monoisotopic (exact) mass is 282 g/mol. The summed E-state index contributed by atoms with van der Waals surface area (Å²) in [4.78, 5) is 2.46. The van der Waals surface area contributed by atoms with E-state index in [0.29, 0.717) is 6.04 Å². The van der Waals surface area contributed by atoms with Gasteiger partial charge in [0.15, 0.2) is 0 Å². The van der Waals surface area contributed by atoms with Gasteiger partial charge in [0.25, 0.3) is 0 Å². The lowest BCUT2D eigenvalue weighted by atomic mass is 9.98. The number of hydrogen-bond acceptors (Lipinski definition) is 3. The van der Waals surface area contributed by atoms with E-state index in [4.69, 9.17) is 11.6 Å². The van der Waals surface area contributed by atoms with Gasteiger partial charge in [-0.3, -0.25) is 9.58 Å². The van der Waals surface area contributed by atoms with Gasteiger partial charge in [-0.1, -0.05) is 11.6 Å². The van der Waals surface area contributed by atoms with E-state index in [1.54, 1.807) is 4.68 Å². The Morgan fingerprint density at radius 2 is 2.00 bits per heavy atom. The molecule has 19 heavy (non-hydrogen) atoms. The lowest BCUT2D eigenvalue weighted by Gasteiger charge is -2.35. The summed E-state index contributed by atoms with van der Waals surface area (Å²) in [5.74, 6) is 0. The molecule has 2 aliphatic rings. The van der Waals surface area contributed by atoms with Gasteiger partial charge in [-0.05, 0) is 39.7 Å². The first-order valence-electron chi connectivity index (χ1n) is 7.19. The molecule has 106 valence electrons. The Kier molecular flexibility index (Phi) is 3.58. The fraction of sp³-hybridized carbons (Fsp3) is 0.786. The van der Waals surface area contributed by atoms with Gasteiger partial charge in [0.2, 0.25) is 0 Å². The van der Waals surface area contributed by atoms with Crippen LogP contribution in [0.1, 0.15) is 36.9 Å². The molecule has 2 bridgehead atoms. The van der Waals surface area contributed by atoms with E-state index in [0.717, 1.165) is 29.5 Å². The van der Waals surface area contributed by atoms with Crippen molar-refractivity contribution >= 4 is 11.6 Å². The van der Waals surface area contributed by atoms with Crippen molar-refractivity contribution in [2.75, 3.05) is 7.05 Å². The number of nitrogens with zero attached hydrogens (tertiary/aromatic N) is 3. The number of piperidine rings is 1. The zero-order chi connectivity index (χ0) is 13.6. The maximum atomic E-state index is 6.33. The molecule has 0 radical (unpaired) electrons. The summed E-state index contributed by atoms with van der Waals surface area (Å²) in [7, 11) is 4.13. The van der Waals surface area contributed by atoms with Crippen molar-refractivity contribution in [3.8, 4) is 0 Å². The Morgan fingerprint density at radius 1 is 1.37 bits per heavy atom. The minimum Gasteiger partial charge on any atom is -0.311 e. The molecule has 0 spiro atoms. The molecule has 2 aliphatic heterocycles. The van der Waals surface area contributed by atoms with Crippen LogP contribution in [0.4, 0.5) is 0 Å². The number of hydrogen-bond donors (Lipinski definition) is 1. The summed E-state index contributed by atoms with van der Waals surface area (Å²) < 4.78 is 1.77. The summed E-state index contributed by atoms with van der Waals surface area (Å²) in [6, 6.07) is 2.14. The van der Waals surface area contributed by atoms with Crippen LogP contribution in [0.5, 0.6) is 0 Å². The van der Waals surface area contributed by atoms with Crippen LogP contribution in [0.15, 0.2) is 0 Å². The second-order valence-electron chi connectivity index (χ2n) is 6.16. The third-order valence-electron chi connectivity index (χ3n) is 4.75. The predicted molar refractivity (Wildman–Crippen MR) is 77.4 cm³/mol. The average Bonchev–Trinajstić information content (AvgIpc) is 2.83. The minimum atomic E-state index is 0.675. The molecule has 3 rings (SSSR count). The normalized spacial score (nSPS) is 30.3. The Hall–Kier alpha value is -0.580. The van der Waals surface area contributed by atoms with Gasteiger partial charge in [0.05, 0.1) is 5.69 Å². The molecule has 1 aromatic rings. The third-order valence-corrected chi connectivity index (χ3v) is 5.22. The van der Waals surface area contributed by atoms with Crippen LogP contribution in [0, 0.1) is 6.92 Å². The fourth-order valence-corrected chi connectivity index (χ4v) is 3.85. The molecule has 2 unspecified atom stereocenters. The first-order chi connectivity index (χ1) is 9.04. The molecular weight excluding hydrogens is 260 g/mol. The highest BCUT2D eigenvalue weighted by Crippen LogP contribution is 2.30. The van der Waals surface area contributed by atoms with Crippen LogP contribution in [0.2, 0.25) is 5.15 Å². The van der Waals surface area contributed by atoms with Gasteiger partial charge >= 0.3 is 0 Å². The number of fused-ring (bicyclic) bond motifs is 2. The van der Waals surface area contributed by atoms with Crippen LogP contribution in [0.25, 0.3) is 0 Å². The quantitative estimate of drug-likeness (QED) is 0.922. The SMILES string of the molecule is Cc1nn(C)c(Cl)c1CN(C)C1CC2CCC(C1)N2. The fourth-order valence-electron chi connectivity index (χ4n) is 3.62. The first kappa shape index (κ1) is 13.4. The summed E-state index contributed by atoms with van der Waals surface area (Å²) in [5.41, 5.74) is 2.23. The molecule has 2 fully saturated rings. The standard InChI is InChI=1S/C14H23ClN4/c1-9-13(14(15)19(3)17-9)8-18(2)12-6-10-4-5-11(7-12)16-10/h10-12,16H,4-8H2,1-3H3. The number of halogens is 1. The van der Waals surface area contributed by atoms with Crippen molar-refractivity contribution in [2.24, 2.45) is 7.05 Å². The molecule has 0 saturated carbocycles. The molecule has 2 saturated heterocycles. The minimum absolute atomic E-state index is 0.675. The second kappa shape index (κ2) is 5.08. The summed E-state index contributed by atoms with van der Waals surface area (Å²) in [6.07, 6.45) is 5.23. The Bertz CT molecular complexity index is 458. The van der Waals surface area contributed by atoms with Crippen LogP contribution in [0.3, 0.4) is 0 Å². The molecule has 3 heterocycles. The van der Waals surface area contributed by atoms with Crippen molar-refractivity contribution < 1.29 is 0 Å². The second-order valence-corrected chi connectivity index (χ2v) is 6.51. The molecule has 2 atom stereocenters. The van der Waals surface area contributed by atoms with E-state index in [-0.39, 0.29) is 0 Å². The van der Waals surface area contributed by atoms with E-state index >= 15 is 0 Å². The van der Waals surface area contributed by atoms with E-state index < -0.39 is 0 Å². The molecule has 0 aromatic carbocycles. The van der Waals surface area contributed by atoms with Gasteiger partial charge < -0.3 is 5.32 Å². The highest BCUT2D eigenvalue weighted by atomic mass is 35.5. The number of nitrogens with one attached hydrogen (secondary N) is 1. The molecule has 4 nitrogen and oxygen atoms in total. The number of rotatable bonds is 3. The maximum absolute atomic E-state index is 6.33. The van der Waals surface area contributed by atoms with Crippen molar-refractivity contribution in [3.63, 3.8) is 0 Å². The predicted octanol–water partition coefficient (Wildman–Crippen LogP) is 2.10. The van der Waals surface area contributed by atoms with Crippen molar-refractivity contribution in [2.45, 2.75) is 57.3 Å². The van der Waals surface area contributed by atoms with Gasteiger partial charge in [0, 0.05) is 37.3 Å². The first-order valence-corrected chi connectivity index (χ1v) is 7.56. The zero-order valence-corrected chi connectivity index (χ0v) is 12.7. The highest BCUT2D eigenvalue weighted by Gasteiger charge is 2.35. The Labute approximate surface area is 120 Å². The van der Waals surface area contributed by atoms with Gasteiger partial charge in [0.1, 0.15) is 5.15 Å². The van der Waals surface area contributed by atoms with E-state index in [1.807, 2.05) is 14.0 Å². The molecule has 0 amide bonds. The van der Waals surface area contributed by atoms with E-state index in [1.165, 1.54) is 31.2 Å². The third kappa shape index (κ3) is 2.54. The van der Waals surface area contributed by atoms with Crippen LogP contribution >= 0.6 is 11.6 Å². The Balaban J connectivity index is 1.69. The van der Waals surface area contributed by atoms with Crippen molar-refractivity contribution in [3.05, 3.63) is 16.4 Å². The van der Waals surface area contributed by atoms with Gasteiger partial charge in [-0.25, -0.2) is 0 Å². The zero-order valence-electron chi connectivity index (χ0n) is 12.0. The summed E-state index contributed by atoms with van der Waals surface area (Å²) in [6.45, 7) is 2.95. The molecule has 5 heteroatoms. The van der Waals surface area contributed by atoms with Crippen molar-refractivity contribution in [1.29, 1.82) is 0 Å². The number of aryl methyl sites for hydroxylation is 2. The lowest BCUT2D eigenvalue weighted by molar-refractivity contribution is 0.165. The highest BCUT2D eigenvalue weighted by molar-refractivity contribution is 6.30.